The number of benzene rings is 2. The zero-order chi connectivity index (χ0) is 25.0. The zero-order valence-corrected chi connectivity index (χ0v) is 19.5. The molecule has 0 saturated heterocycles. The standard InChI is InChI=1S/C28H27F3N2O2/c1-19-24(21-11-6-3-7-12-21)18-25(26(34)32-16-15-20-9-4-2-5-10-20)27(35)33(19)23-14-8-13-22(17-23)28(29,30)31/h3,6-9,11-14,17-18H,2,4-5,10,15-16H2,1H3,(H,32,34). The fourth-order valence-electron chi connectivity index (χ4n) is 4.47. The molecule has 1 aromatic heterocycles. The lowest BCUT2D eigenvalue weighted by atomic mass is 9.97. The van der Waals surface area contributed by atoms with E-state index in [1.165, 1.54) is 34.8 Å². The first-order valence-electron chi connectivity index (χ1n) is 11.7. The van der Waals surface area contributed by atoms with Gasteiger partial charge in [-0.05, 0) is 68.9 Å². The van der Waals surface area contributed by atoms with Crippen molar-refractivity contribution in [3.8, 4) is 16.8 Å². The first kappa shape index (κ1) is 24.5. The predicted octanol–water partition coefficient (Wildman–Crippen LogP) is 6.45. The third-order valence-electron chi connectivity index (χ3n) is 6.33. The summed E-state index contributed by atoms with van der Waals surface area (Å²) in [6, 6.07) is 15.3. The van der Waals surface area contributed by atoms with E-state index in [1.54, 1.807) is 6.92 Å². The van der Waals surface area contributed by atoms with Crippen LogP contribution in [0.15, 0.2) is 77.1 Å². The molecular weight excluding hydrogens is 453 g/mol. The number of halogens is 3. The minimum atomic E-state index is -4.56. The van der Waals surface area contributed by atoms with Crippen LogP contribution in [0.5, 0.6) is 0 Å². The Kier molecular flexibility index (Phi) is 7.24. The highest BCUT2D eigenvalue weighted by Gasteiger charge is 2.31. The highest BCUT2D eigenvalue weighted by molar-refractivity contribution is 5.95. The molecule has 4 nitrogen and oxygen atoms in total. The van der Waals surface area contributed by atoms with Crippen molar-refractivity contribution in [2.45, 2.75) is 45.2 Å². The number of allylic oxidation sites excluding steroid dienone is 1. The summed E-state index contributed by atoms with van der Waals surface area (Å²) in [6.45, 7) is 2.06. The first-order valence-corrected chi connectivity index (χ1v) is 11.7. The van der Waals surface area contributed by atoms with Gasteiger partial charge in [-0.25, -0.2) is 0 Å². The molecule has 182 valence electrons. The molecule has 7 heteroatoms. The van der Waals surface area contributed by atoms with Gasteiger partial charge in [-0.2, -0.15) is 13.2 Å². The van der Waals surface area contributed by atoms with Crippen molar-refractivity contribution in [1.82, 2.24) is 9.88 Å². The van der Waals surface area contributed by atoms with Gasteiger partial charge < -0.3 is 5.32 Å². The lowest BCUT2D eigenvalue weighted by Gasteiger charge is -2.18. The van der Waals surface area contributed by atoms with Crippen molar-refractivity contribution in [3.63, 3.8) is 0 Å². The van der Waals surface area contributed by atoms with Crippen LogP contribution in [0.25, 0.3) is 16.8 Å². The van der Waals surface area contributed by atoms with Crippen LogP contribution in [-0.4, -0.2) is 17.0 Å². The Balaban J connectivity index is 1.76. The zero-order valence-electron chi connectivity index (χ0n) is 19.5. The first-order chi connectivity index (χ1) is 16.8. The van der Waals surface area contributed by atoms with Crippen molar-refractivity contribution in [1.29, 1.82) is 0 Å². The third kappa shape index (κ3) is 5.56. The summed E-state index contributed by atoms with van der Waals surface area (Å²) < 4.78 is 41.3. The van der Waals surface area contributed by atoms with Gasteiger partial charge in [0, 0.05) is 23.5 Å². The molecular formula is C28H27F3N2O2. The van der Waals surface area contributed by atoms with Crippen LogP contribution < -0.4 is 10.9 Å². The average molecular weight is 481 g/mol. The summed E-state index contributed by atoms with van der Waals surface area (Å²) in [5, 5.41) is 2.83. The smallest absolute Gasteiger partial charge is 0.352 e. The molecule has 2 aromatic carbocycles. The molecule has 0 fully saturated rings. The highest BCUT2D eigenvalue weighted by Crippen LogP contribution is 2.31. The van der Waals surface area contributed by atoms with Crippen LogP contribution in [0, 0.1) is 6.92 Å². The quantitative estimate of drug-likeness (QED) is 0.412. The summed E-state index contributed by atoms with van der Waals surface area (Å²) in [5.41, 5.74) is 1.53. The Morgan fingerprint density at radius 2 is 1.80 bits per heavy atom. The van der Waals surface area contributed by atoms with E-state index < -0.39 is 23.2 Å². The normalized spacial score (nSPS) is 13.9. The van der Waals surface area contributed by atoms with E-state index in [2.05, 4.69) is 11.4 Å². The van der Waals surface area contributed by atoms with Gasteiger partial charge in [-0.15, -0.1) is 0 Å². The number of amides is 1. The molecule has 0 saturated carbocycles. The molecule has 1 aliphatic carbocycles. The maximum Gasteiger partial charge on any atom is 0.416 e. The number of nitrogens with zero attached hydrogens (tertiary/aromatic N) is 1. The number of rotatable bonds is 6. The maximum absolute atomic E-state index is 13.5. The summed E-state index contributed by atoms with van der Waals surface area (Å²) in [5.74, 6) is -0.538. The fraction of sp³-hybridized carbons (Fsp3) is 0.286. The topological polar surface area (TPSA) is 51.1 Å². The van der Waals surface area contributed by atoms with Gasteiger partial charge in [0.15, 0.2) is 0 Å². The second-order valence-corrected chi connectivity index (χ2v) is 8.73. The molecule has 0 atom stereocenters. The Morgan fingerprint density at radius 1 is 1.03 bits per heavy atom. The van der Waals surface area contributed by atoms with Crippen molar-refractivity contribution in [2.24, 2.45) is 0 Å². The van der Waals surface area contributed by atoms with Gasteiger partial charge in [0.25, 0.3) is 11.5 Å². The number of carbonyl (C=O) groups excluding carboxylic acids is 1. The Labute approximate surface area is 202 Å². The Hall–Kier alpha value is -3.61. The Morgan fingerprint density at radius 3 is 2.49 bits per heavy atom. The molecule has 0 radical (unpaired) electrons. The van der Waals surface area contributed by atoms with E-state index >= 15 is 0 Å². The van der Waals surface area contributed by atoms with Crippen LogP contribution in [-0.2, 0) is 6.18 Å². The van der Waals surface area contributed by atoms with Gasteiger partial charge in [0.2, 0.25) is 0 Å². The van der Waals surface area contributed by atoms with E-state index in [0.29, 0.717) is 24.2 Å². The van der Waals surface area contributed by atoms with E-state index in [0.717, 1.165) is 37.0 Å². The number of hydrogen-bond acceptors (Lipinski definition) is 2. The lowest BCUT2D eigenvalue weighted by Crippen LogP contribution is -2.34. The van der Waals surface area contributed by atoms with E-state index in [9.17, 15) is 22.8 Å². The van der Waals surface area contributed by atoms with Crippen molar-refractivity contribution in [3.05, 3.63) is 99.5 Å². The van der Waals surface area contributed by atoms with Crippen LogP contribution in [0.4, 0.5) is 13.2 Å². The molecule has 0 aliphatic heterocycles. The minimum Gasteiger partial charge on any atom is -0.352 e. The van der Waals surface area contributed by atoms with Gasteiger partial charge in [-0.1, -0.05) is 48.0 Å². The fourth-order valence-corrected chi connectivity index (χ4v) is 4.47. The third-order valence-corrected chi connectivity index (χ3v) is 6.33. The van der Waals surface area contributed by atoms with Crippen molar-refractivity contribution >= 4 is 5.91 Å². The second-order valence-electron chi connectivity index (χ2n) is 8.73. The van der Waals surface area contributed by atoms with Crippen LogP contribution in [0.1, 0.15) is 53.7 Å². The largest absolute Gasteiger partial charge is 0.416 e. The molecule has 1 N–H and O–H groups in total. The SMILES string of the molecule is Cc1c(-c2ccccc2)cc(C(=O)NCCC2=CCCCC2)c(=O)n1-c1cccc(C(F)(F)F)c1. The van der Waals surface area contributed by atoms with Crippen LogP contribution >= 0.6 is 0 Å². The van der Waals surface area contributed by atoms with E-state index in [4.69, 9.17) is 0 Å². The van der Waals surface area contributed by atoms with Crippen LogP contribution in [0.2, 0.25) is 0 Å². The number of alkyl halides is 3. The molecule has 4 rings (SSSR count). The Bertz CT molecular complexity index is 1310. The summed E-state index contributed by atoms with van der Waals surface area (Å²) in [6.07, 6.45) is 2.74. The number of aromatic nitrogens is 1. The molecule has 3 aromatic rings. The maximum atomic E-state index is 13.5. The minimum absolute atomic E-state index is 0.0570. The van der Waals surface area contributed by atoms with Crippen molar-refractivity contribution < 1.29 is 18.0 Å². The second kappa shape index (κ2) is 10.3. The van der Waals surface area contributed by atoms with E-state index in [1.807, 2.05) is 30.3 Å². The number of pyridine rings is 1. The van der Waals surface area contributed by atoms with Crippen molar-refractivity contribution in [2.75, 3.05) is 6.54 Å². The molecule has 35 heavy (non-hydrogen) atoms. The number of carbonyl (C=O) groups is 1. The van der Waals surface area contributed by atoms with Gasteiger partial charge in [0.1, 0.15) is 5.56 Å². The average Bonchev–Trinajstić information content (AvgIpc) is 2.85. The summed E-state index contributed by atoms with van der Waals surface area (Å²) in [7, 11) is 0. The molecule has 1 amide bonds. The molecule has 1 heterocycles. The highest BCUT2D eigenvalue weighted by atomic mass is 19.4. The van der Waals surface area contributed by atoms with Gasteiger partial charge in [0.05, 0.1) is 5.56 Å². The number of nitrogens with one attached hydrogen (secondary N) is 1. The molecule has 0 unspecified atom stereocenters. The monoisotopic (exact) mass is 480 g/mol. The summed E-state index contributed by atoms with van der Waals surface area (Å²) in [4.78, 5) is 26.5. The van der Waals surface area contributed by atoms with Crippen LogP contribution in [0.3, 0.4) is 0 Å². The number of hydrogen-bond donors (Lipinski definition) is 1. The lowest BCUT2D eigenvalue weighted by molar-refractivity contribution is -0.137. The predicted molar refractivity (Wildman–Crippen MR) is 131 cm³/mol. The molecule has 0 spiro atoms. The van der Waals surface area contributed by atoms with E-state index in [-0.39, 0.29) is 11.3 Å². The summed E-state index contributed by atoms with van der Waals surface area (Å²) >= 11 is 0. The molecule has 1 aliphatic rings. The van der Waals surface area contributed by atoms with Gasteiger partial charge in [-0.3, -0.25) is 14.2 Å². The molecule has 0 bridgehead atoms. The van der Waals surface area contributed by atoms with Gasteiger partial charge >= 0.3 is 6.18 Å².